The molecule has 0 aliphatic carbocycles. The first-order valence-corrected chi connectivity index (χ1v) is 8.49. The number of hydrogen-bond acceptors (Lipinski definition) is 2. The van der Waals surface area contributed by atoms with Gasteiger partial charge in [0.25, 0.3) is 0 Å². The van der Waals surface area contributed by atoms with E-state index in [1.54, 1.807) is 24.0 Å². The predicted octanol–water partition coefficient (Wildman–Crippen LogP) is 2.98. The Bertz CT molecular complexity index is 791. The molecule has 0 aromatic heterocycles. The monoisotopic (exact) mass is 340 g/mol. The Kier molecular flexibility index (Phi) is 5.12. The fraction of sp³-hybridized carbons (Fsp3) is 0.300. The highest BCUT2D eigenvalue weighted by Gasteiger charge is 2.34. The topological polar surface area (TPSA) is 49.4 Å². The number of carbonyl (C=O) groups excluding carboxylic acids is 2. The molecule has 25 heavy (non-hydrogen) atoms. The molecule has 0 saturated carbocycles. The van der Waals surface area contributed by atoms with Crippen LogP contribution in [0.5, 0.6) is 0 Å². The van der Waals surface area contributed by atoms with Crippen molar-refractivity contribution in [3.8, 4) is 0 Å². The van der Waals surface area contributed by atoms with Crippen molar-refractivity contribution >= 4 is 11.8 Å². The largest absolute Gasteiger partial charge is 0.350 e. The fourth-order valence-electron chi connectivity index (χ4n) is 3.25. The Morgan fingerprint density at radius 1 is 1.20 bits per heavy atom. The van der Waals surface area contributed by atoms with Gasteiger partial charge in [-0.25, -0.2) is 4.39 Å². The van der Waals surface area contributed by atoms with Gasteiger partial charge < -0.3 is 10.2 Å². The van der Waals surface area contributed by atoms with E-state index in [1.807, 2.05) is 24.3 Å². The number of carbonyl (C=O) groups is 2. The summed E-state index contributed by atoms with van der Waals surface area (Å²) in [6.07, 6.45) is 1.10. The number of fused-ring (bicyclic) bond motifs is 1. The molecule has 1 N–H and O–H groups in total. The van der Waals surface area contributed by atoms with Crippen LogP contribution in [0.15, 0.2) is 48.5 Å². The Morgan fingerprint density at radius 3 is 2.76 bits per heavy atom. The third-order valence-electron chi connectivity index (χ3n) is 4.51. The van der Waals surface area contributed by atoms with E-state index in [2.05, 4.69) is 5.32 Å². The van der Waals surface area contributed by atoms with Gasteiger partial charge >= 0.3 is 0 Å². The van der Waals surface area contributed by atoms with Crippen LogP contribution >= 0.6 is 0 Å². The van der Waals surface area contributed by atoms with E-state index in [-0.39, 0.29) is 24.2 Å². The van der Waals surface area contributed by atoms with E-state index < -0.39 is 6.04 Å². The van der Waals surface area contributed by atoms with E-state index in [1.165, 1.54) is 12.1 Å². The van der Waals surface area contributed by atoms with Gasteiger partial charge in [0.2, 0.25) is 11.8 Å². The summed E-state index contributed by atoms with van der Waals surface area (Å²) in [4.78, 5) is 26.8. The molecule has 1 aliphatic rings. The Labute approximate surface area is 146 Å². The highest BCUT2D eigenvalue weighted by Crippen LogP contribution is 2.30. The maximum absolute atomic E-state index is 13.3. The Balaban J connectivity index is 1.82. The van der Waals surface area contributed by atoms with Gasteiger partial charge in [0.15, 0.2) is 0 Å². The van der Waals surface area contributed by atoms with Gasteiger partial charge in [-0.05, 0) is 35.2 Å². The quantitative estimate of drug-likeness (QED) is 0.930. The average Bonchev–Trinajstić information content (AvgIpc) is 2.64. The molecule has 2 amide bonds. The van der Waals surface area contributed by atoms with Crippen molar-refractivity contribution in [3.05, 3.63) is 71.0 Å². The molecule has 4 nitrogen and oxygen atoms in total. The number of nitrogens with one attached hydrogen (secondary N) is 1. The van der Waals surface area contributed by atoms with Gasteiger partial charge in [0.05, 0.1) is 0 Å². The molecule has 0 bridgehead atoms. The number of hydrogen-bond donors (Lipinski definition) is 1. The zero-order valence-electron chi connectivity index (χ0n) is 14.2. The van der Waals surface area contributed by atoms with E-state index in [4.69, 9.17) is 0 Å². The Morgan fingerprint density at radius 2 is 2.00 bits per heavy atom. The van der Waals surface area contributed by atoms with Gasteiger partial charge in [0.1, 0.15) is 11.9 Å². The number of halogens is 1. The fourth-order valence-corrected chi connectivity index (χ4v) is 3.25. The number of nitrogens with zero attached hydrogens (tertiary/aromatic N) is 1. The second kappa shape index (κ2) is 7.47. The molecular weight excluding hydrogens is 319 g/mol. The van der Waals surface area contributed by atoms with Gasteiger partial charge in [-0.2, -0.15) is 0 Å². The minimum Gasteiger partial charge on any atom is -0.350 e. The summed E-state index contributed by atoms with van der Waals surface area (Å²) in [6.45, 7) is 2.55. The third-order valence-corrected chi connectivity index (χ3v) is 4.51. The molecule has 3 rings (SSSR count). The zero-order chi connectivity index (χ0) is 17.8. The first-order chi connectivity index (χ1) is 12.1. The summed E-state index contributed by atoms with van der Waals surface area (Å²) in [5.74, 6) is -0.615. The molecule has 1 unspecified atom stereocenters. The lowest BCUT2D eigenvalue weighted by molar-refractivity contribution is -0.141. The molecule has 0 spiro atoms. The van der Waals surface area contributed by atoms with Gasteiger partial charge in [0, 0.05) is 19.5 Å². The van der Waals surface area contributed by atoms with E-state index >= 15 is 0 Å². The maximum atomic E-state index is 13.3. The normalized spacial score (nSPS) is 16.2. The SMILES string of the molecule is CCC(=O)N1CCc2ccccc2C1C(=O)NCc1cccc(F)c1. The van der Waals surface area contributed by atoms with Crippen molar-refractivity contribution < 1.29 is 14.0 Å². The molecule has 130 valence electrons. The number of rotatable bonds is 4. The zero-order valence-corrected chi connectivity index (χ0v) is 14.2. The summed E-state index contributed by atoms with van der Waals surface area (Å²) in [6, 6.07) is 13.2. The summed E-state index contributed by atoms with van der Waals surface area (Å²) < 4.78 is 13.3. The number of amides is 2. The molecular formula is C20H21FN2O2. The lowest BCUT2D eigenvalue weighted by atomic mass is 9.91. The molecule has 2 aromatic carbocycles. The van der Waals surface area contributed by atoms with Crippen LogP contribution in [-0.2, 0) is 22.6 Å². The lowest BCUT2D eigenvalue weighted by Crippen LogP contribution is -2.46. The van der Waals surface area contributed by atoms with Crippen LogP contribution < -0.4 is 5.32 Å². The van der Waals surface area contributed by atoms with Gasteiger partial charge in [-0.15, -0.1) is 0 Å². The lowest BCUT2D eigenvalue weighted by Gasteiger charge is -2.36. The smallest absolute Gasteiger partial charge is 0.247 e. The minimum atomic E-state index is -0.633. The molecule has 0 saturated heterocycles. The van der Waals surface area contributed by atoms with Crippen LogP contribution in [0.25, 0.3) is 0 Å². The van der Waals surface area contributed by atoms with Crippen molar-refractivity contribution in [2.45, 2.75) is 32.4 Å². The predicted molar refractivity (Wildman–Crippen MR) is 93.1 cm³/mol. The minimum absolute atomic E-state index is 0.0413. The van der Waals surface area contributed by atoms with Gasteiger partial charge in [-0.1, -0.05) is 43.3 Å². The van der Waals surface area contributed by atoms with Crippen LogP contribution in [0.4, 0.5) is 4.39 Å². The van der Waals surface area contributed by atoms with Crippen molar-refractivity contribution in [1.29, 1.82) is 0 Å². The summed E-state index contributed by atoms with van der Waals surface area (Å²) >= 11 is 0. The first kappa shape index (κ1) is 17.1. The second-order valence-corrected chi connectivity index (χ2v) is 6.14. The summed E-state index contributed by atoms with van der Waals surface area (Å²) in [7, 11) is 0. The van der Waals surface area contributed by atoms with Crippen molar-refractivity contribution in [1.82, 2.24) is 10.2 Å². The van der Waals surface area contributed by atoms with E-state index in [9.17, 15) is 14.0 Å². The first-order valence-electron chi connectivity index (χ1n) is 8.49. The van der Waals surface area contributed by atoms with Crippen LogP contribution in [0.1, 0.15) is 36.1 Å². The van der Waals surface area contributed by atoms with E-state index in [0.717, 1.165) is 17.5 Å². The van der Waals surface area contributed by atoms with Crippen LogP contribution in [-0.4, -0.2) is 23.3 Å². The molecule has 5 heteroatoms. The van der Waals surface area contributed by atoms with Gasteiger partial charge in [-0.3, -0.25) is 9.59 Å². The molecule has 1 aliphatic heterocycles. The summed E-state index contributed by atoms with van der Waals surface area (Å²) in [5.41, 5.74) is 2.65. The molecule has 0 fully saturated rings. The van der Waals surface area contributed by atoms with Crippen molar-refractivity contribution in [2.24, 2.45) is 0 Å². The van der Waals surface area contributed by atoms with Crippen molar-refractivity contribution in [3.63, 3.8) is 0 Å². The highest BCUT2D eigenvalue weighted by molar-refractivity contribution is 5.89. The highest BCUT2D eigenvalue weighted by atomic mass is 19.1. The molecule has 0 radical (unpaired) electrons. The molecule has 1 heterocycles. The molecule has 2 aromatic rings. The maximum Gasteiger partial charge on any atom is 0.247 e. The van der Waals surface area contributed by atoms with Crippen molar-refractivity contribution in [2.75, 3.05) is 6.54 Å². The second-order valence-electron chi connectivity index (χ2n) is 6.14. The number of benzene rings is 2. The van der Waals surface area contributed by atoms with Crippen LogP contribution in [0.2, 0.25) is 0 Å². The summed E-state index contributed by atoms with van der Waals surface area (Å²) in [5, 5.41) is 2.85. The average molecular weight is 340 g/mol. The van der Waals surface area contributed by atoms with Crippen LogP contribution in [0.3, 0.4) is 0 Å². The standard InChI is InChI=1S/C20H21FN2O2/c1-2-18(24)23-11-10-15-7-3-4-9-17(15)19(23)20(25)22-13-14-6-5-8-16(21)12-14/h3-9,12,19H,2,10-11,13H2,1H3,(H,22,25). The third kappa shape index (κ3) is 3.71. The molecule has 1 atom stereocenters. The van der Waals surface area contributed by atoms with Crippen LogP contribution in [0, 0.1) is 5.82 Å². The van der Waals surface area contributed by atoms with E-state index in [0.29, 0.717) is 18.5 Å². The Hall–Kier alpha value is -2.69.